The lowest BCUT2D eigenvalue weighted by atomic mass is 9.81. The third-order valence-electron chi connectivity index (χ3n) is 6.25. The van der Waals surface area contributed by atoms with E-state index in [1.54, 1.807) is 11.0 Å². The van der Waals surface area contributed by atoms with Gasteiger partial charge in [0.05, 0.1) is 32.2 Å². The fraction of sp³-hybridized carbons (Fsp3) is 0.600. The van der Waals surface area contributed by atoms with Crippen molar-refractivity contribution in [2.75, 3.05) is 39.8 Å². The van der Waals surface area contributed by atoms with E-state index >= 15 is 0 Å². The zero-order valence-electron chi connectivity index (χ0n) is 17.3. The predicted molar refractivity (Wildman–Crippen MR) is 109 cm³/mol. The van der Waals surface area contributed by atoms with Crippen LogP contribution in [0.5, 0.6) is 11.5 Å². The molecule has 10 nitrogen and oxygen atoms in total. The van der Waals surface area contributed by atoms with Crippen LogP contribution in [-0.4, -0.2) is 101 Å². The first-order valence-electron chi connectivity index (χ1n) is 10.4. The summed E-state index contributed by atoms with van der Waals surface area (Å²) in [7, 11) is 0.482. The van der Waals surface area contributed by atoms with Gasteiger partial charge in [-0.25, -0.2) is 4.79 Å². The zero-order valence-corrected chi connectivity index (χ0v) is 17.3. The number of likely N-dealkylation sites (tertiary alicyclic amines) is 1. The summed E-state index contributed by atoms with van der Waals surface area (Å²) in [6, 6.07) is 3.04. The molecule has 31 heavy (non-hydrogen) atoms. The van der Waals surface area contributed by atoms with Crippen molar-refractivity contribution < 1.29 is 39.3 Å². The zero-order chi connectivity index (χ0) is 22.3. The van der Waals surface area contributed by atoms with Gasteiger partial charge in [-0.15, -0.1) is 0 Å². The van der Waals surface area contributed by atoms with Gasteiger partial charge in [0, 0.05) is 18.9 Å². The Labute approximate surface area is 180 Å². The first-order valence-corrected chi connectivity index (χ1v) is 10.4. The van der Waals surface area contributed by atoms with E-state index in [9.17, 15) is 29.9 Å². The van der Waals surface area contributed by atoms with E-state index in [1.165, 1.54) is 6.07 Å². The van der Waals surface area contributed by atoms with Gasteiger partial charge in [-0.2, -0.15) is 0 Å². The first-order chi connectivity index (χ1) is 14.7. The van der Waals surface area contributed by atoms with Crippen molar-refractivity contribution >= 4 is 19.0 Å². The highest BCUT2D eigenvalue weighted by Gasteiger charge is 2.48. The quantitative estimate of drug-likeness (QED) is 0.427. The number of nitrogens with zero attached hydrogens (tertiary/aromatic N) is 2. The van der Waals surface area contributed by atoms with Crippen LogP contribution in [0, 0.1) is 0 Å². The van der Waals surface area contributed by atoms with Gasteiger partial charge in [-0.05, 0) is 31.0 Å². The molecule has 4 rings (SSSR count). The highest BCUT2D eigenvalue weighted by Crippen LogP contribution is 2.56. The molecule has 2 aliphatic heterocycles. The Morgan fingerprint density at radius 1 is 1.26 bits per heavy atom. The number of carboxylic acid groups (broad SMARTS) is 1. The van der Waals surface area contributed by atoms with E-state index in [-0.39, 0.29) is 35.3 Å². The standard InChI is InChI=1S/C20H27BN2O8/c1-22-4-5-30-11(8-22)6-17(24)23-9-12(10-23)31-16-3-2-13(14-7-15(14)21(28)29)19(25)18(16)20(26)27/h2-3,11-12,14-15,25,28-29H,4-10H2,1H3,(H,26,27)/t11-,14+,15+/m0/s1. The topological polar surface area (TPSA) is 140 Å². The average Bonchev–Trinajstić information content (AvgIpc) is 3.44. The maximum atomic E-state index is 12.4. The van der Waals surface area contributed by atoms with Crippen LogP contribution in [0.1, 0.15) is 34.7 Å². The van der Waals surface area contributed by atoms with E-state index in [2.05, 4.69) is 4.90 Å². The van der Waals surface area contributed by atoms with Crippen LogP contribution in [0.25, 0.3) is 0 Å². The highest BCUT2D eigenvalue weighted by molar-refractivity contribution is 6.44. The minimum Gasteiger partial charge on any atom is -0.507 e. The second-order valence-electron chi connectivity index (χ2n) is 8.60. The van der Waals surface area contributed by atoms with Gasteiger partial charge in [0.1, 0.15) is 23.2 Å². The summed E-state index contributed by atoms with van der Waals surface area (Å²) in [6.07, 6.45) is 0.268. The molecule has 1 aliphatic carbocycles. The van der Waals surface area contributed by atoms with Gasteiger partial charge >= 0.3 is 13.1 Å². The monoisotopic (exact) mass is 434 g/mol. The number of amides is 1. The molecule has 0 spiro atoms. The minimum absolute atomic E-state index is 0.0286. The van der Waals surface area contributed by atoms with Crippen molar-refractivity contribution in [3.8, 4) is 11.5 Å². The summed E-state index contributed by atoms with van der Waals surface area (Å²) in [5.41, 5.74) is 0.0183. The molecule has 168 valence electrons. The Morgan fingerprint density at radius 3 is 2.61 bits per heavy atom. The van der Waals surface area contributed by atoms with E-state index < -0.39 is 24.7 Å². The molecule has 1 aromatic rings. The van der Waals surface area contributed by atoms with Crippen molar-refractivity contribution in [2.24, 2.45) is 0 Å². The molecule has 1 aromatic carbocycles. The number of rotatable bonds is 7. The van der Waals surface area contributed by atoms with E-state index in [1.807, 2.05) is 7.05 Å². The fourth-order valence-corrected chi connectivity index (χ4v) is 4.30. The van der Waals surface area contributed by atoms with Gasteiger partial charge in [-0.3, -0.25) is 4.79 Å². The molecule has 3 atom stereocenters. The van der Waals surface area contributed by atoms with Crippen LogP contribution in [0.4, 0.5) is 0 Å². The van der Waals surface area contributed by atoms with Crippen molar-refractivity contribution in [1.29, 1.82) is 0 Å². The second-order valence-corrected chi connectivity index (χ2v) is 8.60. The third-order valence-corrected chi connectivity index (χ3v) is 6.25. The highest BCUT2D eigenvalue weighted by atomic mass is 16.5. The Balaban J connectivity index is 1.35. The number of aromatic hydroxyl groups is 1. The number of benzene rings is 1. The number of aromatic carboxylic acids is 1. The second kappa shape index (κ2) is 8.66. The lowest BCUT2D eigenvalue weighted by molar-refractivity contribution is -0.144. The van der Waals surface area contributed by atoms with Crippen LogP contribution in [0.2, 0.25) is 5.82 Å². The largest absolute Gasteiger partial charge is 0.507 e. The maximum Gasteiger partial charge on any atom is 0.455 e. The van der Waals surface area contributed by atoms with Crippen LogP contribution in [0.15, 0.2) is 12.1 Å². The summed E-state index contributed by atoms with van der Waals surface area (Å²) < 4.78 is 11.4. The van der Waals surface area contributed by atoms with Crippen molar-refractivity contribution in [3.63, 3.8) is 0 Å². The summed E-state index contributed by atoms with van der Waals surface area (Å²) in [5.74, 6) is -2.46. The summed E-state index contributed by atoms with van der Waals surface area (Å²) in [6.45, 7) is 2.84. The number of hydrogen-bond donors (Lipinski definition) is 4. The van der Waals surface area contributed by atoms with E-state index in [4.69, 9.17) is 9.47 Å². The lowest BCUT2D eigenvalue weighted by Gasteiger charge is -2.40. The maximum absolute atomic E-state index is 12.4. The molecule has 1 amide bonds. The van der Waals surface area contributed by atoms with Crippen LogP contribution in [-0.2, 0) is 9.53 Å². The number of ether oxygens (including phenoxy) is 2. The van der Waals surface area contributed by atoms with Crippen molar-refractivity contribution in [1.82, 2.24) is 9.80 Å². The molecule has 0 radical (unpaired) electrons. The van der Waals surface area contributed by atoms with E-state index in [0.29, 0.717) is 44.6 Å². The summed E-state index contributed by atoms with van der Waals surface area (Å²) >= 11 is 0. The smallest absolute Gasteiger partial charge is 0.455 e. The first kappa shape index (κ1) is 21.9. The minimum atomic E-state index is -1.51. The Bertz CT molecular complexity index is 860. The SMILES string of the molecule is CN1CCO[C@@H](CC(=O)N2CC(Oc3ccc([C@H]4C[C@H]4B(O)O)c(O)c3C(=O)O)C2)C1. The summed E-state index contributed by atoms with van der Waals surface area (Å²) in [5, 5.41) is 38.6. The molecule has 4 N–H and O–H groups in total. The number of carbonyl (C=O) groups is 2. The normalized spacial score (nSPS) is 26.3. The number of morpholine rings is 1. The Hall–Kier alpha value is -2.34. The molecule has 0 bridgehead atoms. The van der Waals surface area contributed by atoms with E-state index in [0.717, 1.165) is 6.54 Å². The van der Waals surface area contributed by atoms with Crippen LogP contribution in [0.3, 0.4) is 0 Å². The van der Waals surface area contributed by atoms with Gasteiger partial charge in [0.15, 0.2) is 0 Å². The molecule has 3 aliphatic rings. The number of likely N-dealkylation sites (N-methyl/N-ethyl adjacent to an activating group) is 1. The van der Waals surface area contributed by atoms with Crippen LogP contribution < -0.4 is 4.74 Å². The molecule has 0 unspecified atom stereocenters. The fourth-order valence-electron chi connectivity index (χ4n) is 4.30. The Kier molecular flexibility index (Phi) is 6.11. The molecule has 0 aromatic heterocycles. The van der Waals surface area contributed by atoms with Gasteiger partial charge < -0.3 is 39.5 Å². The van der Waals surface area contributed by atoms with Crippen molar-refractivity contribution in [3.05, 3.63) is 23.3 Å². The number of carboxylic acids is 1. The predicted octanol–water partition coefficient (Wildman–Crippen LogP) is -0.269. The van der Waals surface area contributed by atoms with Gasteiger partial charge in [0.25, 0.3) is 0 Å². The molecule has 3 fully saturated rings. The molecular formula is C20H27BN2O8. The van der Waals surface area contributed by atoms with Gasteiger partial charge in [-0.1, -0.05) is 6.07 Å². The number of phenols is 1. The molecule has 11 heteroatoms. The number of hydrogen-bond acceptors (Lipinski definition) is 8. The lowest BCUT2D eigenvalue weighted by Crippen LogP contribution is -2.57. The average molecular weight is 434 g/mol. The molecule has 2 saturated heterocycles. The third kappa shape index (κ3) is 4.64. The molecule has 1 saturated carbocycles. The number of carbonyl (C=O) groups excluding carboxylic acids is 1. The molecule has 2 heterocycles. The molecular weight excluding hydrogens is 407 g/mol. The summed E-state index contributed by atoms with van der Waals surface area (Å²) in [4.78, 5) is 27.9. The Morgan fingerprint density at radius 2 is 2.00 bits per heavy atom. The van der Waals surface area contributed by atoms with Gasteiger partial charge in [0.2, 0.25) is 5.91 Å². The van der Waals surface area contributed by atoms with Crippen LogP contribution >= 0.6 is 0 Å². The van der Waals surface area contributed by atoms with Crippen molar-refractivity contribution in [2.45, 2.75) is 36.8 Å².